The first-order valence-corrected chi connectivity index (χ1v) is 6.53. The van der Waals surface area contributed by atoms with Crippen LogP contribution in [0.15, 0.2) is 11.8 Å². The van der Waals surface area contributed by atoms with Crippen molar-refractivity contribution >= 4 is 29.8 Å². The highest BCUT2D eigenvalue weighted by atomic mass is 35.5. The second-order valence-corrected chi connectivity index (χ2v) is 4.41. The number of carbonyl (C=O) groups is 3. The zero-order valence-electron chi connectivity index (χ0n) is 11.2. The minimum atomic E-state index is -0.685. The Morgan fingerprint density at radius 3 is 2.53 bits per heavy atom. The fraction of sp³-hybridized carbons (Fsp3) is 0.583. The lowest BCUT2D eigenvalue weighted by Gasteiger charge is -2.18. The number of hydrogen-bond donors (Lipinski definition) is 2. The van der Waals surface area contributed by atoms with Crippen molar-refractivity contribution in [3.63, 3.8) is 0 Å². The molecule has 0 aliphatic rings. The van der Waals surface area contributed by atoms with E-state index in [-0.39, 0.29) is 11.6 Å². The zero-order chi connectivity index (χ0) is 14.8. The summed E-state index contributed by atoms with van der Waals surface area (Å²) in [4.78, 5) is 35.1. The SMILES string of the molecule is CCC(C(N)=O)/C(=C/C(=O)N(C)CCCCl)NC=O. The lowest BCUT2D eigenvalue weighted by molar-refractivity contribution is -0.124. The van der Waals surface area contributed by atoms with Crippen molar-refractivity contribution in [1.82, 2.24) is 10.2 Å². The van der Waals surface area contributed by atoms with Gasteiger partial charge in [0, 0.05) is 31.2 Å². The summed E-state index contributed by atoms with van der Waals surface area (Å²) in [5, 5.41) is 2.36. The number of likely N-dealkylation sites (N-methyl/N-ethyl adjacent to an activating group) is 1. The van der Waals surface area contributed by atoms with Gasteiger partial charge in [0.2, 0.25) is 18.2 Å². The van der Waals surface area contributed by atoms with Gasteiger partial charge < -0.3 is 16.0 Å². The molecule has 7 heteroatoms. The van der Waals surface area contributed by atoms with E-state index in [1.165, 1.54) is 11.0 Å². The number of primary amides is 1. The second kappa shape index (κ2) is 9.38. The Labute approximate surface area is 118 Å². The fourth-order valence-corrected chi connectivity index (χ4v) is 1.66. The standard InChI is InChI=1S/C12H20ClN3O3/c1-3-9(12(14)19)10(15-8-17)7-11(18)16(2)6-4-5-13/h7-9H,3-6H2,1-2H3,(H2,14,19)(H,15,17)/b10-7-. The molecule has 0 aromatic carbocycles. The van der Waals surface area contributed by atoms with Gasteiger partial charge in [-0.1, -0.05) is 6.92 Å². The Hall–Kier alpha value is -1.56. The molecule has 0 heterocycles. The smallest absolute Gasteiger partial charge is 0.248 e. The van der Waals surface area contributed by atoms with Gasteiger partial charge in [-0.15, -0.1) is 11.6 Å². The van der Waals surface area contributed by atoms with Crippen molar-refractivity contribution in [2.24, 2.45) is 11.7 Å². The Kier molecular flexibility index (Phi) is 8.61. The fourth-order valence-electron chi connectivity index (χ4n) is 1.54. The number of nitrogens with one attached hydrogen (secondary N) is 1. The van der Waals surface area contributed by atoms with E-state index in [4.69, 9.17) is 17.3 Å². The van der Waals surface area contributed by atoms with E-state index in [2.05, 4.69) is 5.32 Å². The minimum Gasteiger partial charge on any atom is -0.369 e. The summed E-state index contributed by atoms with van der Waals surface area (Å²) in [5.41, 5.74) is 5.45. The maximum Gasteiger partial charge on any atom is 0.248 e. The summed E-state index contributed by atoms with van der Waals surface area (Å²) in [5.74, 6) is -1.12. The molecule has 1 atom stereocenters. The van der Waals surface area contributed by atoms with Crippen molar-refractivity contribution in [3.8, 4) is 0 Å². The van der Waals surface area contributed by atoms with Crippen LogP contribution in [0, 0.1) is 5.92 Å². The van der Waals surface area contributed by atoms with Gasteiger partial charge in [-0.05, 0) is 12.8 Å². The van der Waals surface area contributed by atoms with Crippen LogP contribution in [0.1, 0.15) is 19.8 Å². The molecule has 108 valence electrons. The summed E-state index contributed by atoms with van der Waals surface area (Å²) in [6.45, 7) is 2.25. The average Bonchev–Trinajstić information content (AvgIpc) is 2.36. The molecule has 19 heavy (non-hydrogen) atoms. The van der Waals surface area contributed by atoms with E-state index >= 15 is 0 Å². The maximum atomic E-state index is 11.9. The van der Waals surface area contributed by atoms with E-state index in [0.717, 1.165) is 0 Å². The lowest BCUT2D eigenvalue weighted by atomic mass is 10.0. The number of rotatable bonds is 9. The summed E-state index contributed by atoms with van der Waals surface area (Å²) in [7, 11) is 1.62. The number of nitrogens with two attached hydrogens (primary N) is 1. The number of carbonyl (C=O) groups excluding carboxylic acids is 3. The molecule has 0 radical (unpaired) electrons. The first-order chi connectivity index (χ1) is 8.97. The Balaban J connectivity index is 4.94. The molecule has 6 nitrogen and oxygen atoms in total. The average molecular weight is 290 g/mol. The summed E-state index contributed by atoms with van der Waals surface area (Å²) in [6.07, 6.45) is 2.72. The molecule has 3 amide bonds. The summed E-state index contributed by atoms with van der Waals surface area (Å²) in [6, 6.07) is 0. The van der Waals surface area contributed by atoms with Crippen LogP contribution in [0.3, 0.4) is 0 Å². The van der Waals surface area contributed by atoms with Crippen molar-refractivity contribution in [1.29, 1.82) is 0 Å². The van der Waals surface area contributed by atoms with Crippen LogP contribution < -0.4 is 11.1 Å². The molecule has 0 aliphatic carbocycles. The maximum absolute atomic E-state index is 11.9. The van der Waals surface area contributed by atoms with Crippen molar-refractivity contribution < 1.29 is 14.4 Å². The molecule has 0 aromatic rings. The van der Waals surface area contributed by atoms with Crippen LogP contribution >= 0.6 is 11.6 Å². The zero-order valence-corrected chi connectivity index (χ0v) is 11.9. The molecule has 0 rings (SSSR count). The largest absolute Gasteiger partial charge is 0.369 e. The molecule has 0 spiro atoms. The van der Waals surface area contributed by atoms with E-state index in [1.807, 2.05) is 0 Å². The molecule has 0 aromatic heterocycles. The van der Waals surface area contributed by atoms with Crippen LogP contribution in [0.5, 0.6) is 0 Å². The van der Waals surface area contributed by atoms with Crippen LogP contribution in [0.2, 0.25) is 0 Å². The number of halogens is 1. The first-order valence-electron chi connectivity index (χ1n) is 6.00. The van der Waals surface area contributed by atoms with Crippen molar-refractivity contribution in [3.05, 3.63) is 11.8 Å². The van der Waals surface area contributed by atoms with Gasteiger partial charge in [0.25, 0.3) is 0 Å². The molecule has 0 bridgehead atoms. The van der Waals surface area contributed by atoms with Gasteiger partial charge in [-0.25, -0.2) is 0 Å². The van der Waals surface area contributed by atoms with E-state index in [1.54, 1.807) is 14.0 Å². The topological polar surface area (TPSA) is 92.5 Å². The van der Waals surface area contributed by atoms with Crippen molar-refractivity contribution in [2.75, 3.05) is 19.5 Å². The van der Waals surface area contributed by atoms with Crippen LogP contribution in [0.25, 0.3) is 0 Å². The third-order valence-corrected chi connectivity index (χ3v) is 2.90. The minimum absolute atomic E-state index is 0.215. The number of nitrogens with zero attached hydrogens (tertiary/aromatic N) is 1. The van der Waals surface area contributed by atoms with E-state index in [0.29, 0.717) is 31.7 Å². The number of alkyl halides is 1. The van der Waals surface area contributed by atoms with Gasteiger partial charge in [-0.2, -0.15) is 0 Å². The number of amides is 3. The summed E-state index contributed by atoms with van der Waals surface area (Å²) >= 11 is 5.55. The monoisotopic (exact) mass is 289 g/mol. The van der Waals surface area contributed by atoms with E-state index in [9.17, 15) is 14.4 Å². The predicted octanol–water partition coefficient (Wildman–Crippen LogP) is 0.215. The highest BCUT2D eigenvalue weighted by Crippen LogP contribution is 2.12. The normalized spacial score (nSPS) is 12.7. The van der Waals surface area contributed by atoms with E-state index < -0.39 is 11.8 Å². The molecule has 0 saturated carbocycles. The van der Waals surface area contributed by atoms with Crippen LogP contribution in [0.4, 0.5) is 0 Å². The quantitative estimate of drug-likeness (QED) is 0.361. The number of hydrogen-bond acceptors (Lipinski definition) is 3. The predicted molar refractivity (Wildman–Crippen MR) is 73.2 cm³/mol. The molecular formula is C12H20ClN3O3. The van der Waals surface area contributed by atoms with Gasteiger partial charge in [0.05, 0.1) is 5.92 Å². The second-order valence-electron chi connectivity index (χ2n) is 4.03. The molecule has 0 aliphatic heterocycles. The highest BCUT2D eigenvalue weighted by molar-refractivity contribution is 6.17. The highest BCUT2D eigenvalue weighted by Gasteiger charge is 2.20. The third-order valence-electron chi connectivity index (χ3n) is 2.64. The van der Waals surface area contributed by atoms with Crippen LogP contribution in [-0.2, 0) is 14.4 Å². The lowest BCUT2D eigenvalue weighted by Crippen LogP contribution is -2.33. The van der Waals surface area contributed by atoms with Crippen molar-refractivity contribution in [2.45, 2.75) is 19.8 Å². The molecule has 3 N–H and O–H groups in total. The molecular weight excluding hydrogens is 270 g/mol. The van der Waals surface area contributed by atoms with Gasteiger partial charge in [0.15, 0.2) is 0 Å². The molecule has 1 unspecified atom stereocenters. The molecule has 0 saturated heterocycles. The Morgan fingerprint density at radius 1 is 1.47 bits per heavy atom. The van der Waals surface area contributed by atoms with Gasteiger partial charge >= 0.3 is 0 Å². The Morgan fingerprint density at radius 2 is 2.11 bits per heavy atom. The van der Waals surface area contributed by atoms with Gasteiger partial charge in [0.1, 0.15) is 0 Å². The van der Waals surface area contributed by atoms with Gasteiger partial charge in [-0.3, -0.25) is 14.4 Å². The van der Waals surface area contributed by atoms with Crippen LogP contribution in [-0.4, -0.2) is 42.6 Å². The summed E-state index contributed by atoms with van der Waals surface area (Å²) < 4.78 is 0. The first kappa shape index (κ1) is 17.4. The molecule has 0 fully saturated rings. The Bertz CT molecular complexity index is 358. The third kappa shape index (κ3) is 6.24.